The smallest absolute Gasteiger partial charge is 0.262 e. The molecule has 0 aliphatic heterocycles. The van der Waals surface area contributed by atoms with Crippen LogP contribution < -0.4 is 19.5 Å². The third kappa shape index (κ3) is 4.87. The fourth-order valence-corrected chi connectivity index (χ4v) is 2.64. The fraction of sp³-hybridized carbons (Fsp3) is 0.200. The summed E-state index contributed by atoms with van der Waals surface area (Å²) in [4.78, 5) is 12.4. The van der Waals surface area contributed by atoms with Crippen molar-refractivity contribution in [1.82, 2.24) is 5.32 Å². The molecule has 0 radical (unpaired) electrons. The van der Waals surface area contributed by atoms with E-state index in [2.05, 4.69) is 5.32 Å². The van der Waals surface area contributed by atoms with Crippen LogP contribution in [0.3, 0.4) is 0 Å². The largest absolute Gasteiger partial charge is 0.503 e. The molecule has 7 nitrogen and oxygen atoms in total. The Labute approximate surface area is 167 Å². The van der Waals surface area contributed by atoms with Crippen LogP contribution in [0.2, 0.25) is 5.02 Å². The molecule has 0 aliphatic carbocycles. The normalized spacial score (nSPS) is 10.8. The molecule has 0 atom stereocenters. The number of halogens is 1. The maximum Gasteiger partial charge on any atom is 0.262 e. The number of nitriles is 1. The molecule has 0 spiro atoms. The fourth-order valence-electron chi connectivity index (χ4n) is 2.42. The van der Waals surface area contributed by atoms with Gasteiger partial charge in [-0.05, 0) is 35.9 Å². The number of carbonyl (C=O) groups excluding carboxylic acids is 1. The molecule has 2 aromatic carbocycles. The number of carbonyl (C=O) groups is 1. The van der Waals surface area contributed by atoms with Gasteiger partial charge in [0.2, 0.25) is 0 Å². The highest BCUT2D eigenvalue weighted by atomic mass is 35.5. The number of phenolic OH excluding ortho intramolecular Hbond substituents is 1. The topological polar surface area (TPSA) is 101 Å². The molecule has 0 heterocycles. The zero-order valence-corrected chi connectivity index (χ0v) is 16.3. The Morgan fingerprint density at radius 3 is 2.50 bits per heavy atom. The molecular weight excluding hydrogens is 384 g/mol. The summed E-state index contributed by atoms with van der Waals surface area (Å²) >= 11 is 5.94. The first-order valence-electron chi connectivity index (χ1n) is 8.10. The summed E-state index contributed by atoms with van der Waals surface area (Å²) in [7, 11) is 4.44. The second kappa shape index (κ2) is 9.53. The van der Waals surface area contributed by atoms with Crippen molar-refractivity contribution < 1.29 is 24.1 Å². The van der Waals surface area contributed by atoms with Crippen molar-refractivity contribution in [3.63, 3.8) is 0 Å². The molecule has 0 unspecified atom stereocenters. The third-order valence-electron chi connectivity index (χ3n) is 3.88. The Hall–Kier alpha value is -3.37. The summed E-state index contributed by atoms with van der Waals surface area (Å²) in [6.07, 6.45) is 1.36. The summed E-state index contributed by atoms with van der Waals surface area (Å²) in [5.41, 5.74) is 1.04. The van der Waals surface area contributed by atoms with Crippen molar-refractivity contribution in [2.24, 2.45) is 0 Å². The van der Waals surface area contributed by atoms with E-state index in [-0.39, 0.29) is 28.6 Å². The quantitative estimate of drug-likeness (QED) is 0.544. The van der Waals surface area contributed by atoms with Gasteiger partial charge >= 0.3 is 0 Å². The van der Waals surface area contributed by atoms with Gasteiger partial charge in [0.1, 0.15) is 23.1 Å². The molecule has 0 saturated carbocycles. The van der Waals surface area contributed by atoms with Gasteiger partial charge < -0.3 is 24.6 Å². The minimum absolute atomic E-state index is 0.0475. The first kappa shape index (κ1) is 20.9. The number of methoxy groups -OCH3 is 3. The SMILES string of the molecule is COc1ccc(CNC(=O)/C(C#N)=C/c2cc(Cl)c(O)c(OC)c2)c(OC)c1. The van der Waals surface area contributed by atoms with Crippen molar-refractivity contribution in [3.8, 4) is 29.1 Å². The monoisotopic (exact) mass is 402 g/mol. The Morgan fingerprint density at radius 2 is 1.89 bits per heavy atom. The highest BCUT2D eigenvalue weighted by Crippen LogP contribution is 2.35. The standard InChI is InChI=1S/C20H19ClN2O5/c1-26-15-5-4-13(17(9-15)27-2)11-23-20(25)14(10-22)6-12-7-16(21)19(24)18(8-12)28-3/h4-9,24H,11H2,1-3H3,(H,23,25)/b14-6+. The lowest BCUT2D eigenvalue weighted by Crippen LogP contribution is -2.24. The molecule has 0 aromatic heterocycles. The van der Waals surface area contributed by atoms with Gasteiger partial charge in [0, 0.05) is 18.2 Å². The van der Waals surface area contributed by atoms with Crippen LogP contribution in [-0.2, 0) is 11.3 Å². The van der Waals surface area contributed by atoms with Crippen molar-refractivity contribution in [2.75, 3.05) is 21.3 Å². The second-order valence-electron chi connectivity index (χ2n) is 5.58. The van der Waals surface area contributed by atoms with Crippen molar-refractivity contribution in [1.29, 1.82) is 5.26 Å². The van der Waals surface area contributed by atoms with Crippen LogP contribution in [0.5, 0.6) is 23.0 Å². The number of hydrogen-bond acceptors (Lipinski definition) is 6. The van der Waals surface area contributed by atoms with E-state index in [1.807, 2.05) is 6.07 Å². The van der Waals surface area contributed by atoms with Crippen LogP contribution >= 0.6 is 11.6 Å². The van der Waals surface area contributed by atoms with E-state index in [4.69, 9.17) is 25.8 Å². The number of benzene rings is 2. The molecule has 2 rings (SSSR count). The molecule has 0 fully saturated rings. The van der Waals surface area contributed by atoms with Gasteiger partial charge in [-0.25, -0.2) is 0 Å². The molecule has 0 bridgehead atoms. The number of nitrogens with one attached hydrogen (secondary N) is 1. The highest BCUT2D eigenvalue weighted by Gasteiger charge is 2.13. The second-order valence-corrected chi connectivity index (χ2v) is 5.99. The highest BCUT2D eigenvalue weighted by molar-refractivity contribution is 6.32. The van der Waals surface area contributed by atoms with Crippen LogP contribution in [-0.4, -0.2) is 32.3 Å². The molecule has 8 heteroatoms. The lowest BCUT2D eigenvalue weighted by atomic mass is 10.1. The number of amides is 1. The molecule has 2 N–H and O–H groups in total. The van der Waals surface area contributed by atoms with Gasteiger partial charge in [-0.3, -0.25) is 4.79 Å². The number of rotatable bonds is 7. The summed E-state index contributed by atoms with van der Waals surface area (Å²) in [5.74, 6) is 0.540. The number of nitrogens with zero attached hydrogens (tertiary/aromatic N) is 1. The predicted molar refractivity (Wildman–Crippen MR) is 105 cm³/mol. The molecule has 0 saturated heterocycles. The summed E-state index contributed by atoms with van der Waals surface area (Å²) in [6, 6.07) is 9.96. The third-order valence-corrected chi connectivity index (χ3v) is 4.17. The number of hydrogen-bond donors (Lipinski definition) is 2. The van der Waals surface area contributed by atoms with Gasteiger partial charge in [-0.15, -0.1) is 0 Å². The first-order chi connectivity index (χ1) is 13.4. The number of phenols is 1. The minimum atomic E-state index is -0.566. The summed E-state index contributed by atoms with van der Waals surface area (Å²) in [5, 5.41) is 21.8. The van der Waals surface area contributed by atoms with Gasteiger partial charge in [0.05, 0.1) is 26.4 Å². The van der Waals surface area contributed by atoms with Crippen LogP contribution in [0.15, 0.2) is 35.9 Å². The minimum Gasteiger partial charge on any atom is -0.503 e. The zero-order chi connectivity index (χ0) is 20.7. The first-order valence-corrected chi connectivity index (χ1v) is 8.48. The predicted octanol–water partition coefficient (Wildman–Crippen LogP) is 3.29. The van der Waals surface area contributed by atoms with Gasteiger partial charge in [-0.1, -0.05) is 11.6 Å². The van der Waals surface area contributed by atoms with Gasteiger partial charge in [0.15, 0.2) is 11.5 Å². The summed E-state index contributed by atoms with van der Waals surface area (Å²) in [6.45, 7) is 0.157. The maximum atomic E-state index is 12.4. The van der Waals surface area contributed by atoms with Crippen LogP contribution in [0, 0.1) is 11.3 Å². The van der Waals surface area contributed by atoms with Crippen molar-refractivity contribution in [3.05, 3.63) is 52.1 Å². The van der Waals surface area contributed by atoms with E-state index in [0.717, 1.165) is 5.56 Å². The van der Waals surface area contributed by atoms with Crippen LogP contribution in [0.1, 0.15) is 11.1 Å². The van der Waals surface area contributed by atoms with E-state index >= 15 is 0 Å². The molecule has 146 valence electrons. The zero-order valence-electron chi connectivity index (χ0n) is 15.6. The van der Waals surface area contributed by atoms with E-state index in [1.165, 1.54) is 32.4 Å². The number of ether oxygens (including phenoxy) is 3. The Bertz CT molecular complexity index is 950. The lowest BCUT2D eigenvalue weighted by molar-refractivity contribution is -0.117. The van der Waals surface area contributed by atoms with Crippen molar-refractivity contribution in [2.45, 2.75) is 6.54 Å². The average molecular weight is 403 g/mol. The molecular formula is C20H19ClN2O5. The van der Waals surface area contributed by atoms with Crippen LogP contribution in [0.25, 0.3) is 6.08 Å². The van der Waals surface area contributed by atoms with E-state index in [1.54, 1.807) is 25.3 Å². The molecule has 2 aromatic rings. The van der Waals surface area contributed by atoms with Crippen molar-refractivity contribution >= 4 is 23.6 Å². The Balaban J connectivity index is 2.20. The Morgan fingerprint density at radius 1 is 1.18 bits per heavy atom. The lowest BCUT2D eigenvalue weighted by Gasteiger charge is -2.11. The van der Waals surface area contributed by atoms with Crippen LogP contribution in [0.4, 0.5) is 0 Å². The number of aromatic hydroxyl groups is 1. The molecule has 28 heavy (non-hydrogen) atoms. The Kier molecular flexibility index (Phi) is 7.13. The van der Waals surface area contributed by atoms with E-state index in [9.17, 15) is 15.2 Å². The average Bonchev–Trinajstić information content (AvgIpc) is 2.72. The van der Waals surface area contributed by atoms with Gasteiger partial charge in [0.25, 0.3) is 5.91 Å². The summed E-state index contributed by atoms with van der Waals surface area (Å²) < 4.78 is 15.4. The van der Waals surface area contributed by atoms with Gasteiger partial charge in [-0.2, -0.15) is 5.26 Å². The van der Waals surface area contributed by atoms with E-state index in [0.29, 0.717) is 17.1 Å². The molecule has 1 amide bonds. The maximum absolute atomic E-state index is 12.4. The molecule has 0 aliphatic rings. The van der Waals surface area contributed by atoms with E-state index < -0.39 is 5.91 Å².